The van der Waals surface area contributed by atoms with Crippen LogP contribution < -0.4 is 5.32 Å². The fourth-order valence-electron chi connectivity index (χ4n) is 5.19. The van der Waals surface area contributed by atoms with Crippen LogP contribution in [0.2, 0.25) is 0 Å². The van der Waals surface area contributed by atoms with Crippen molar-refractivity contribution in [3.05, 3.63) is 47.7 Å². The molecule has 0 radical (unpaired) electrons. The third kappa shape index (κ3) is 3.41. The monoisotopic (exact) mass is 442 g/mol. The molecular weight excluding hydrogens is 416 g/mol. The van der Waals surface area contributed by atoms with Gasteiger partial charge in [0.2, 0.25) is 18.1 Å². The standard InChI is InChI=1S/C23H26N2O7/c1-4-29-21(28)18-16-15(19(26)24-20(16)27)17(25(18)11-12-8-6-5-7-9-12)13-10-14-22(30-13)32-23(2,3)31-14/h5-10,14-18,22H,4,11H2,1-3H3,(H,24,26,27)/t14-,15?,16?,17-,18+,22-/m1/s1. The van der Waals surface area contributed by atoms with Crippen LogP contribution in [0.3, 0.4) is 0 Å². The SMILES string of the molecule is CCOC(=O)[C@@H]1C2C(=O)NC(=O)C2[C@@H](C2=C[C@H]3OC(C)(C)O[C@H]3O2)N1Cc1ccccc1. The summed E-state index contributed by atoms with van der Waals surface area (Å²) in [6.07, 6.45) is 0.723. The summed E-state index contributed by atoms with van der Waals surface area (Å²) in [6.45, 7) is 5.83. The fourth-order valence-corrected chi connectivity index (χ4v) is 5.19. The van der Waals surface area contributed by atoms with Crippen molar-refractivity contribution >= 4 is 17.8 Å². The van der Waals surface area contributed by atoms with Crippen LogP contribution in [0.15, 0.2) is 42.2 Å². The Hall–Kier alpha value is -2.75. The minimum atomic E-state index is -0.917. The fraction of sp³-hybridized carbons (Fsp3) is 0.522. The Bertz CT molecular complexity index is 976. The molecule has 0 saturated carbocycles. The van der Waals surface area contributed by atoms with Crippen molar-refractivity contribution in [2.45, 2.75) is 57.6 Å². The predicted molar refractivity (Wildman–Crippen MR) is 109 cm³/mol. The molecule has 9 heteroatoms. The van der Waals surface area contributed by atoms with Gasteiger partial charge in [-0.3, -0.25) is 24.6 Å². The van der Waals surface area contributed by atoms with E-state index in [0.717, 1.165) is 5.56 Å². The van der Waals surface area contributed by atoms with Gasteiger partial charge in [-0.25, -0.2) is 0 Å². The van der Waals surface area contributed by atoms with E-state index in [-0.39, 0.29) is 6.61 Å². The van der Waals surface area contributed by atoms with E-state index in [4.69, 9.17) is 18.9 Å². The van der Waals surface area contributed by atoms with Gasteiger partial charge in [-0.15, -0.1) is 0 Å². The number of nitrogens with zero attached hydrogens (tertiary/aromatic N) is 1. The lowest BCUT2D eigenvalue weighted by Crippen LogP contribution is -2.48. The second-order valence-corrected chi connectivity index (χ2v) is 8.86. The number of esters is 1. The molecule has 4 aliphatic heterocycles. The zero-order valence-electron chi connectivity index (χ0n) is 18.1. The summed E-state index contributed by atoms with van der Waals surface area (Å²) < 4.78 is 23.1. The van der Waals surface area contributed by atoms with Gasteiger partial charge >= 0.3 is 5.97 Å². The van der Waals surface area contributed by atoms with Crippen LogP contribution in [-0.2, 0) is 39.9 Å². The Balaban J connectivity index is 1.55. The van der Waals surface area contributed by atoms with Crippen LogP contribution in [0.4, 0.5) is 0 Å². The van der Waals surface area contributed by atoms with E-state index in [1.807, 2.05) is 35.2 Å². The number of hydrogen-bond acceptors (Lipinski definition) is 8. The average Bonchev–Trinajstić information content (AvgIpc) is 3.41. The Labute approximate surface area is 185 Å². The van der Waals surface area contributed by atoms with Gasteiger partial charge in [0.25, 0.3) is 0 Å². The van der Waals surface area contributed by atoms with E-state index in [9.17, 15) is 14.4 Å². The average molecular weight is 442 g/mol. The first-order chi connectivity index (χ1) is 15.3. The molecule has 0 aliphatic carbocycles. The van der Waals surface area contributed by atoms with Crippen molar-refractivity contribution < 1.29 is 33.3 Å². The highest BCUT2D eigenvalue weighted by atomic mass is 16.8. The molecule has 1 aromatic rings. The first-order valence-corrected chi connectivity index (χ1v) is 10.8. The van der Waals surface area contributed by atoms with E-state index in [1.54, 1.807) is 26.8 Å². The lowest BCUT2D eigenvalue weighted by Gasteiger charge is -2.32. The second-order valence-electron chi connectivity index (χ2n) is 8.86. The second kappa shape index (κ2) is 7.68. The van der Waals surface area contributed by atoms with E-state index in [2.05, 4.69) is 5.32 Å². The highest BCUT2D eigenvalue weighted by molar-refractivity contribution is 6.08. The van der Waals surface area contributed by atoms with Gasteiger partial charge in [0, 0.05) is 6.54 Å². The molecule has 5 rings (SSSR count). The third-order valence-corrected chi connectivity index (χ3v) is 6.33. The number of imide groups is 1. The summed E-state index contributed by atoms with van der Waals surface area (Å²) in [5.74, 6) is -3.37. The number of hydrogen-bond donors (Lipinski definition) is 1. The largest absolute Gasteiger partial charge is 0.465 e. The number of likely N-dealkylation sites (tertiary alicyclic amines) is 1. The van der Waals surface area contributed by atoms with E-state index >= 15 is 0 Å². The molecule has 170 valence electrons. The molecule has 0 spiro atoms. The molecule has 1 aromatic carbocycles. The van der Waals surface area contributed by atoms with Crippen LogP contribution in [0.25, 0.3) is 0 Å². The zero-order valence-corrected chi connectivity index (χ0v) is 18.1. The van der Waals surface area contributed by atoms with Gasteiger partial charge in [0.05, 0.1) is 24.5 Å². The third-order valence-electron chi connectivity index (χ3n) is 6.33. The van der Waals surface area contributed by atoms with E-state index in [0.29, 0.717) is 12.3 Å². The van der Waals surface area contributed by atoms with Gasteiger partial charge in [-0.1, -0.05) is 30.3 Å². The minimum absolute atomic E-state index is 0.173. The minimum Gasteiger partial charge on any atom is -0.465 e. The molecule has 0 aromatic heterocycles. The Morgan fingerprint density at radius 1 is 1.12 bits per heavy atom. The van der Waals surface area contributed by atoms with Crippen LogP contribution in [0, 0.1) is 11.8 Å². The number of benzene rings is 1. The molecule has 2 unspecified atom stereocenters. The van der Waals surface area contributed by atoms with E-state index < -0.39 is 59.9 Å². The highest BCUT2D eigenvalue weighted by Crippen LogP contribution is 2.47. The number of amides is 2. The van der Waals surface area contributed by atoms with Crippen LogP contribution in [0.5, 0.6) is 0 Å². The van der Waals surface area contributed by atoms with Gasteiger partial charge in [-0.05, 0) is 32.4 Å². The molecule has 4 heterocycles. The summed E-state index contributed by atoms with van der Waals surface area (Å²) in [5, 5.41) is 2.39. The Morgan fingerprint density at radius 3 is 2.53 bits per heavy atom. The molecule has 6 atom stereocenters. The number of carbonyl (C=O) groups excluding carboxylic acids is 3. The van der Waals surface area contributed by atoms with Crippen molar-refractivity contribution in [1.29, 1.82) is 0 Å². The van der Waals surface area contributed by atoms with Gasteiger partial charge in [-0.2, -0.15) is 0 Å². The summed E-state index contributed by atoms with van der Waals surface area (Å²) in [6, 6.07) is 8.02. The molecule has 0 bridgehead atoms. The van der Waals surface area contributed by atoms with Crippen molar-refractivity contribution in [1.82, 2.24) is 10.2 Å². The van der Waals surface area contributed by atoms with Crippen molar-refractivity contribution in [3.63, 3.8) is 0 Å². The molecule has 32 heavy (non-hydrogen) atoms. The number of nitrogens with one attached hydrogen (secondary N) is 1. The van der Waals surface area contributed by atoms with Crippen molar-refractivity contribution in [2.75, 3.05) is 6.61 Å². The molecular formula is C23H26N2O7. The first kappa shape index (κ1) is 21.1. The smallest absolute Gasteiger partial charge is 0.324 e. The molecule has 1 N–H and O–H groups in total. The number of fused-ring (bicyclic) bond motifs is 2. The topological polar surface area (TPSA) is 103 Å². The molecule has 2 amide bonds. The lowest BCUT2D eigenvalue weighted by atomic mass is 9.88. The maximum atomic E-state index is 13.0. The van der Waals surface area contributed by atoms with Crippen LogP contribution in [-0.4, -0.2) is 59.6 Å². The molecule has 4 aliphatic rings. The normalized spacial score (nSPS) is 35.2. The number of rotatable bonds is 5. The van der Waals surface area contributed by atoms with Crippen molar-refractivity contribution in [2.24, 2.45) is 11.8 Å². The maximum absolute atomic E-state index is 13.0. The van der Waals surface area contributed by atoms with Crippen molar-refractivity contribution in [3.8, 4) is 0 Å². The number of ether oxygens (including phenoxy) is 4. The number of carbonyl (C=O) groups is 3. The quantitative estimate of drug-likeness (QED) is 0.534. The predicted octanol–water partition coefficient (Wildman–Crippen LogP) is 1.08. The molecule has 3 fully saturated rings. The summed E-state index contributed by atoms with van der Waals surface area (Å²) >= 11 is 0. The van der Waals surface area contributed by atoms with E-state index in [1.165, 1.54) is 0 Å². The zero-order chi connectivity index (χ0) is 22.6. The lowest BCUT2D eigenvalue weighted by molar-refractivity contribution is -0.184. The molecule has 3 saturated heterocycles. The Morgan fingerprint density at radius 2 is 1.84 bits per heavy atom. The summed E-state index contributed by atoms with van der Waals surface area (Å²) in [4.78, 5) is 40.5. The first-order valence-electron chi connectivity index (χ1n) is 10.8. The Kier molecular flexibility index (Phi) is 5.07. The highest BCUT2D eigenvalue weighted by Gasteiger charge is 2.64. The van der Waals surface area contributed by atoms with Crippen LogP contribution in [0.1, 0.15) is 26.3 Å². The van der Waals surface area contributed by atoms with Gasteiger partial charge < -0.3 is 18.9 Å². The maximum Gasteiger partial charge on any atom is 0.324 e. The summed E-state index contributed by atoms with van der Waals surface area (Å²) in [5.41, 5.74) is 0.937. The van der Waals surface area contributed by atoms with Gasteiger partial charge in [0.1, 0.15) is 17.9 Å². The molecule has 9 nitrogen and oxygen atoms in total. The van der Waals surface area contributed by atoms with Crippen LogP contribution >= 0.6 is 0 Å². The van der Waals surface area contributed by atoms with Gasteiger partial charge in [0.15, 0.2) is 5.79 Å². The summed E-state index contributed by atoms with van der Waals surface area (Å²) in [7, 11) is 0.